The first-order valence-corrected chi connectivity index (χ1v) is 11.3. The third kappa shape index (κ3) is 6.05. The lowest BCUT2D eigenvalue weighted by molar-refractivity contribution is -0.144. The molecule has 9 heteroatoms. The fourth-order valence-corrected chi connectivity index (χ4v) is 3.96. The SMILES string of the molecule is CCCCCOC(=O)Cc1c(-c2ccc(O[C@H]3CCC[C@H](C(=O)O)C3)c(C)n2)nnn1C. The van der Waals surface area contributed by atoms with Gasteiger partial charge in [0.2, 0.25) is 0 Å². The molecule has 1 N–H and O–H groups in total. The molecule has 1 aliphatic rings. The summed E-state index contributed by atoms with van der Waals surface area (Å²) in [6.45, 7) is 4.36. The normalized spacial score (nSPS) is 18.3. The number of carboxylic acids is 1. The van der Waals surface area contributed by atoms with Crippen LogP contribution in [0.15, 0.2) is 12.1 Å². The number of esters is 1. The Morgan fingerprint density at radius 3 is 2.78 bits per heavy atom. The van der Waals surface area contributed by atoms with Gasteiger partial charge in [-0.15, -0.1) is 5.10 Å². The summed E-state index contributed by atoms with van der Waals surface area (Å²) in [4.78, 5) is 28.2. The molecular weight excluding hydrogens is 412 g/mol. The van der Waals surface area contributed by atoms with Gasteiger partial charge in [0.15, 0.2) is 0 Å². The fourth-order valence-electron chi connectivity index (χ4n) is 3.96. The monoisotopic (exact) mass is 444 g/mol. The number of unbranched alkanes of at least 4 members (excludes halogenated alkanes) is 2. The molecule has 0 aliphatic heterocycles. The Morgan fingerprint density at radius 1 is 1.25 bits per heavy atom. The smallest absolute Gasteiger partial charge is 0.311 e. The van der Waals surface area contributed by atoms with Crippen LogP contribution in [0.1, 0.15) is 63.3 Å². The summed E-state index contributed by atoms with van der Waals surface area (Å²) in [5, 5.41) is 17.5. The Balaban J connectivity index is 1.68. The molecule has 2 aromatic heterocycles. The second kappa shape index (κ2) is 11.1. The van der Waals surface area contributed by atoms with E-state index in [1.165, 1.54) is 0 Å². The summed E-state index contributed by atoms with van der Waals surface area (Å²) in [5.74, 6) is -0.798. The van der Waals surface area contributed by atoms with Gasteiger partial charge in [-0.1, -0.05) is 25.0 Å². The van der Waals surface area contributed by atoms with E-state index < -0.39 is 5.97 Å². The number of nitrogens with zero attached hydrogens (tertiary/aromatic N) is 4. The van der Waals surface area contributed by atoms with Crippen LogP contribution >= 0.6 is 0 Å². The predicted molar refractivity (Wildman–Crippen MR) is 117 cm³/mol. The maximum absolute atomic E-state index is 12.3. The zero-order valence-electron chi connectivity index (χ0n) is 19.0. The van der Waals surface area contributed by atoms with Crippen molar-refractivity contribution in [3.8, 4) is 17.1 Å². The van der Waals surface area contributed by atoms with E-state index in [2.05, 4.69) is 22.2 Å². The highest BCUT2D eigenvalue weighted by Crippen LogP contribution is 2.30. The Kier molecular flexibility index (Phi) is 8.19. The number of aromatic nitrogens is 4. The lowest BCUT2D eigenvalue weighted by atomic mass is 9.87. The van der Waals surface area contributed by atoms with Crippen LogP contribution in [-0.4, -0.2) is 49.7 Å². The van der Waals surface area contributed by atoms with E-state index in [0.717, 1.165) is 32.1 Å². The van der Waals surface area contributed by atoms with Crippen LogP contribution < -0.4 is 4.74 Å². The van der Waals surface area contributed by atoms with Gasteiger partial charge in [0.05, 0.1) is 42.1 Å². The van der Waals surface area contributed by atoms with Crippen LogP contribution in [0.4, 0.5) is 0 Å². The Hall–Kier alpha value is -2.97. The third-order valence-corrected chi connectivity index (χ3v) is 5.81. The van der Waals surface area contributed by atoms with Crippen molar-refractivity contribution < 1.29 is 24.2 Å². The molecule has 0 aromatic carbocycles. The minimum Gasteiger partial charge on any atom is -0.489 e. The second-order valence-corrected chi connectivity index (χ2v) is 8.33. The van der Waals surface area contributed by atoms with Gasteiger partial charge in [-0.05, 0) is 51.2 Å². The van der Waals surface area contributed by atoms with E-state index in [4.69, 9.17) is 9.47 Å². The van der Waals surface area contributed by atoms with Gasteiger partial charge in [0.25, 0.3) is 0 Å². The first-order valence-electron chi connectivity index (χ1n) is 11.3. The molecule has 0 unspecified atom stereocenters. The van der Waals surface area contributed by atoms with Crippen molar-refractivity contribution in [2.24, 2.45) is 13.0 Å². The predicted octanol–water partition coefficient (Wildman–Crippen LogP) is 3.48. The van der Waals surface area contributed by atoms with Crippen molar-refractivity contribution in [2.45, 2.75) is 71.3 Å². The Bertz CT molecular complexity index is 942. The van der Waals surface area contributed by atoms with Crippen LogP contribution in [-0.2, 0) is 27.8 Å². The maximum atomic E-state index is 12.3. The van der Waals surface area contributed by atoms with Crippen LogP contribution in [0, 0.1) is 12.8 Å². The van der Waals surface area contributed by atoms with Gasteiger partial charge in [-0.25, -0.2) is 4.98 Å². The number of aryl methyl sites for hydroxylation is 2. The van der Waals surface area contributed by atoms with Crippen molar-refractivity contribution in [1.82, 2.24) is 20.0 Å². The second-order valence-electron chi connectivity index (χ2n) is 8.33. The fraction of sp³-hybridized carbons (Fsp3) is 0.609. The molecule has 0 radical (unpaired) electrons. The number of hydrogen-bond donors (Lipinski definition) is 1. The van der Waals surface area contributed by atoms with Crippen LogP contribution in [0.25, 0.3) is 11.4 Å². The number of ether oxygens (including phenoxy) is 2. The number of aliphatic carboxylic acids is 1. The number of carbonyl (C=O) groups is 2. The number of pyridine rings is 1. The zero-order chi connectivity index (χ0) is 23.1. The van der Waals surface area contributed by atoms with Crippen molar-refractivity contribution in [2.75, 3.05) is 6.61 Å². The van der Waals surface area contributed by atoms with Crippen molar-refractivity contribution in [3.05, 3.63) is 23.5 Å². The zero-order valence-corrected chi connectivity index (χ0v) is 19.0. The molecule has 0 bridgehead atoms. The summed E-state index contributed by atoms with van der Waals surface area (Å²) in [7, 11) is 1.74. The highest BCUT2D eigenvalue weighted by Gasteiger charge is 2.28. The maximum Gasteiger partial charge on any atom is 0.311 e. The molecule has 2 atom stereocenters. The van der Waals surface area contributed by atoms with E-state index in [0.29, 0.717) is 48.0 Å². The van der Waals surface area contributed by atoms with Gasteiger partial charge in [0, 0.05) is 7.05 Å². The Labute approximate surface area is 188 Å². The first kappa shape index (κ1) is 23.7. The Morgan fingerprint density at radius 2 is 2.06 bits per heavy atom. The van der Waals surface area contributed by atoms with E-state index in [1.54, 1.807) is 17.8 Å². The van der Waals surface area contributed by atoms with E-state index in [-0.39, 0.29) is 24.4 Å². The molecule has 0 spiro atoms. The number of carboxylic acid groups (broad SMARTS) is 1. The standard InChI is InChI=1S/C23H32N4O5/c1-4-5-6-12-31-21(28)14-19-22(25-26-27(19)3)18-10-11-20(15(2)24-18)32-17-9-7-8-16(13-17)23(29)30/h10-11,16-17H,4-9,12-14H2,1-3H3,(H,29,30)/t16-,17-/m0/s1. The molecule has 1 saturated carbocycles. The average Bonchev–Trinajstić information content (AvgIpc) is 3.13. The lowest BCUT2D eigenvalue weighted by Gasteiger charge is -2.27. The molecule has 2 heterocycles. The molecule has 0 amide bonds. The topological polar surface area (TPSA) is 116 Å². The summed E-state index contributed by atoms with van der Waals surface area (Å²) in [6.07, 6.45) is 5.76. The average molecular weight is 445 g/mol. The van der Waals surface area contributed by atoms with Gasteiger partial charge in [0.1, 0.15) is 11.4 Å². The number of hydrogen-bond acceptors (Lipinski definition) is 7. The minimum absolute atomic E-state index is 0.0720. The van der Waals surface area contributed by atoms with Crippen molar-refractivity contribution in [1.29, 1.82) is 0 Å². The number of rotatable bonds is 10. The molecular formula is C23H32N4O5. The molecule has 1 aliphatic carbocycles. The highest BCUT2D eigenvalue weighted by molar-refractivity contribution is 5.75. The molecule has 9 nitrogen and oxygen atoms in total. The van der Waals surface area contributed by atoms with Crippen molar-refractivity contribution >= 4 is 11.9 Å². The van der Waals surface area contributed by atoms with Crippen LogP contribution in [0.5, 0.6) is 5.75 Å². The van der Waals surface area contributed by atoms with E-state index >= 15 is 0 Å². The molecule has 174 valence electrons. The van der Waals surface area contributed by atoms with Gasteiger partial charge >= 0.3 is 11.9 Å². The first-order chi connectivity index (χ1) is 15.4. The lowest BCUT2D eigenvalue weighted by Crippen LogP contribution is -2.29. The highest BCUT2D eigenvalue weighted by atomic mass is 16.5. The molecule has 0 saturated heterocycles. The third-order valence-electron chi connectivity index (χ3n) is 5.81. The quantitative estimate of drug-likeness (QED) is 0.437. The van der Waals surface area contributed by atoms with E-state index in [9.17, 15) is 14.7 Å². The summed E-state index contributed by atoms with van der Waals surface area (Å²) < 4.78 is 13.0. The van der Waals surface area contributed by atoms with Crippen LogP contribution in [0.2, 0.25) is 0 Å². The van der Waals surface area contributed by atoms with Crippen LogP contribution in [0.3, 0.4) is 0 Å². The van der Waals surface area contributed by atoms with Gasteiger partial charge in [-0.3, -0.25) is 14.3 Å². The molecule has 32 heavy (non-hydrogen) atoms. The summed E-state index contributed by atoms with van der Waals surface area (Å²) in [5.41, 5.74) is 2.46. The molecule has 1 fully saturated rings. The number of carbonyl (C=O) groups excluding carboxylic acids is 1. The van der Waals surface area contributed by atoms with Crippen molar-refractivity contribution in [3.63, 3.8) is 0 Å². The summed E-state index contributed by atoms with van der Waals surface area (Å²) in [6, 6.07) is 3.61. The molecule has 2 aromatic rings. The molecule has 3 rings (SSSR count). The minimum atomic E-state index is -0.762. The van der Waals surface area contributed by atoms with Gasteiger partial charge in [-0.2, -0.15) is 0 Å². The van der Waals surface area contributed by atoms with Gasteiger partial charge < -0.3 is 14.6 Å². The summed E-state index contributed by atoms with van der Waals surface area (Å²) >= 11 is 0. The largest absolute Gasteiger partial charge is 0.489 e. The van der Waals surface area contributed by atoms with E-state index in [1.807, 2.05) is 13.0 Å².